The summed E-state index contributed by atoms with van der Waals surface area (Å²) in [6.45, 7) is 4.06. The lowest BCUT2D eigenvalue weighted by Crippen LogP contribution is -2.37. The molecule has 0 aromatic rings. The number of phosphoric acid groups is 1. The molecule has 0 heterocycles. The predicted molar refractivity (Wildman–Crippen MR) is 213 cm³/mol. The van der Waals surface area contributed by atoms with Crippen molar-refractivity contribution >= 4 is 19.8 Å². The molecular weight excluding hydrogens is 677 g/mol. The maximum Gasteiger partial charge on any atom is 0.330 e. The lowest BCUT2D eigenvalue weighted by molar-refractivity contribution is -0.870. The van der Waals surface area contributed by atoms with E-state index < -0.39 is 32.5 Å². The van der Waals surface area contributed by atoms with Crippen LogP contribution in [0.1, 0.15) is 168 Å². The molecule has 0 rings (SSSR count). The number of hydrogen-bond acceptors (Lipinski definition) is 8. The first-order chi connectivity index (χ1) is 25.0. The van der Waals surface area contributed by atoms with Gasteiger partial charge in [0.05, 0.1) is 27.7 Å². The van der Waals surface area contributed by atoms with Gasteiger partial charge in [0, 0.05) is 12.5 Å². The number of rotatable bonds is 37. The molecule has 304 valence electrons. The molecule has 0 N–H and O–H groups in total. The van der Waals surface area contributed by atoms with Crippen LogP contribution in [-0.4, -0.2) is 70.0 Å². The van der Waals surface area contributed by atoms with E-state index in [0.717, 1.165) is 38.5 Å². The highest BCUT2D eigenvalue weighted by Crippen LogP contribution is 2.38. The van der Waals surface area contributed by atoms with E-state index in [0.29, 0.717) is 17.4 Å². The lowest BCUT2D eigenvalue weighted by Gasteiger charge is -2.28. The van der Waals surface area contributed by atoms with Crippen molar-refractivity contribution in [3.8, 4) is 0 Å². The number of allylic oxidation sites excluding steroid dienone is 5. The van der Waals surface area contributed by atoms with Gasteiger partial charge in [0.15, 0.2) is 6.10 Å². The van der Waals surface area contributed by atoms with Crippen LogP contribution in [0, 0.1) is 0 Å². The number of carbonyl (C=O) groups is 2. The molecule has 0 aliphatic carbocycles. The third kappa shape index (κ3) is 38.0. The smallest absolute Gasteiger partial charge is 0.330 e. The van der Waals surface area contributed by atoms with Crippen LogP contribution in [0.25, 0.3) is 0 Å². The molecule has 52 heavy (non-hydrogen) atoms. The zero-order valence-electron chi connectivity index (χ0n) is 34.0. The Morgan fingerprint density at radius 3 is 1.63 bits per heavy atom. The van der Waals surface area contributed by atoms with E-state index in [1.54, 1.807) is 6.08 Å². The molecule has 0 aromatic carbocycles. The van der Waals surface area contributed by atoms with Gasteiger partial charge in [-0.3, -0.25) is 9.36 Å². The van der Waals surface area contributed by atoms with Gasteiger partial charge in [-0.25, -0.2) is 4.79 Å². The van der Waals surface area contributed by atoms with Crippen LogP contribution in [0.15, 0.2) is 36.5 Å². The van der Waals surface area contributed by atoms with Crippen molar-refractivity contribution in [2.45, 2.75) is 174 Å². The molecule has 0 aliphatic heterocycles. The summed E-state index contributed by atoms with van der Waals surface area (Å²) in [5.41, 5.74) is 0. The highest BCUT2D eigenvalue weighted by molar-refractivity contribution is 7.45. The van der Waals surface area contributed by atoms with E-state index in [4.69, 9.17) is 18.5 Å². The fourth-order valence-corrected chi connectivity index (χ4v) is 6.17. The number of esters is 2. The molecule has 0 saturated heterocycles. The van der Waals surface area contributed by atoms with Crippen LogP contribution < -0.4 is 4.89 Å². The summed E-state index contributed by atoms with van der Waals surface area (Å²) in [5, 5.41) is 0. The normalized spacial score (nSPS) is 14.0. The minimum atomic E-state index is -4.64. The second-order valence-corrected chi connectivity index (χ2v) is 16.5. The average molecular weight is 756 g/mol. The molecule has 0 fully saturated rings. The number of quaternary nitrogens is 1. The Hall–Kier alpha value is -1.77. The van der Waals surface area contributed by atoms with Crippen LogP contribution in [0.5, 0.6) is 0 Å². The van der Waals surface area contributed by atoms with Gasteiger partial charge >= 0.3 is 11.9 Å². The molecule has 0 amide bonds. The predicted octanol–water partition coefficient (Wildman–Crippen LogP) is 10.7. The van der Waals surface area contributed by atoms with Crippen LogP contribution in [0.3, 0.4) is 0 Å². The second-order valence-electron chi connectivity index (χ2n) is 15.1. The van der Waals surface area contributed by atoms with Crippen LogP contribution in [0.2, 0.25) is 0 Å². The van der Waals surface area contributed by atoms with E-state index >= 15 is 0 Å². The van der Waals surface area contributed by atoms with Gasteiger partial charge in [-0.1, -0.05) is 147 Å². The summed E-state index contributed by atoms with van der Waals surface area (Å²) in [6.07, 6.45) is 38.1. The molecule has 9 nitrogen and oxygen atoms in total. The van der Waals surface area contributed by atoms with Crippen molar-refractivity contribution in [2.75, 3.05) is 47.5 Å². The zero-order chi connectivity index (χ0) is 38.6. The van der Waals surface area contributed by atoms with E-state index in [1.807, 2.05) is 33.3 Å². The molecule has 0 spiro atoms. The number of hydrogen-bond donors (Lipinski definition) is 0. The topological polar surface area (TPSA) is 111 Å². The van der Waals surface area contributed by atoms with Crippen molar-refractivity contribution in [2.24, 2.45) is 0 Å². The summed E-state index contributed by atoms with van der Waals surface area (Å²) < 4.78 is 33.6. The summed E-state index contributed by atoms with van der Waals surface area (Å²) in [6, 6.07) is 0. The van der Waals surface area contributed by atoms with Gasteiger partial charge in [0.2, 0.25) is 0 Å². The van der Waals surface area contributed by atoms with E-state index in [2.05, 4.69) is 26.0 Å². The zero-order valence-corrected chi connectivity index (χ0v) is 34.9. The van der Waals surface area contributed by atoms with Gasteiger partial charge in [-0.15, -0.1) is 0 Å². The Labute approximate surface area is 319 Å². The number of phosphoric ester groups is 1. The van der Waals surface area contributed by atoms with Crippen molar-refractivity contribution < 1.29 is 42.1 Å². The van der Waals surface area contributed by atoms with Crippen LogP contribution in [-0.2, 0) is 32.7 Å². The number of ether oxygens (including phenoxy) is 2. The van der Waals surface area contributed by atoms with Gasteiger partial charge in [-0.2, -0.15) is 0 Å². The van der Waals surface area contributed by atoms with E-state index in [9.17, 15) is 19.0 Å². The number of nitrogens with zero attached hydrogens (tertiary/aromatic N) is 1. The van der Waals surface area contributed by atoms with Gasteiger partial charge in [0.25, 0.3) is 7.82 Å². The lowest BCUT2D eigenvalue weighted by atomic mass is 10.1. The van der Waals surface area contributed by atoms with Crippen molar-refractivity contribution in [3.63, 3.8) is 0 Å². The first kappa shape index (κ1) is 50.2. The molecule has 0 aromatic heterocycles. The standard InChI is InChI=1S/C42H78NO8P/c1-6-8-10-12-14-16-18-20-21-23-24-26-28-30-32-34-41(44)48-38-40(39-50-52(46,47)49-37-36-43(3,4)5)51-42(45)35-33-31-29-27-25-22-19-17-15-13-11-9-7-2/h22,25,28,30,32,34,40H,6-21,23-24,26-27,29,31,33,35-39H2,1-5H3/b25-22+,30-28+,34-32+/t40-/m1/s1. The second kappa shape index (κ2) is 35.0. The Balaban J connectivity index is 4.52. The number of carbonyl (C=O) groups excluding carboxylic acids is 2. The molecule has 1 unspecified atom stereocenters. The van der Waals surface area contributed by atoms with E-state index in [1.165, 1.54) is 109 Å². The molecule has 0 aliphatic rings. The largest absolute Gasteiger partial charge is 0.756 e. The molecular formula is C42H78NO8P. The molecule has 10 heteroatoms. The minimum absolute atomic E-state index is 0.0461. The molecule has 0 radical (unpaired) electrons. The third-order valence-electron chi connectivity index (χ3n) is 8.74. The quantitative estimate of drug-likeness (QED) is 0.0117. The van der Waals surface area contributed by atoms with Gasteiger partial charge < -0.3 is 27.9 Å². The Bertz CT molecular complexity index is 991. The summed E-state index contributed by atoms with van der Waals surface area (Å²) >= 11 is 0. The van der Waals surface area contributed by atoms with E-state index in [-0.39, 0.29) is 19.6 Å². The maximum absolute atomic E-state index is 12.6. The first-order valence-corrected chi connectivity index (χ1v) is 22.2. The highest BCUT2D eigenvalue weighted by atomic mass is 31.2. The van der Waals surface area contributed by atoms with Crippen LogP contribution >= 0.6 is 7.82 Å². The average Bonchev–Trinajstić information content (AvgIpc) is 3.09. The van der Waals surface area contributed by atoms with Crippen LogP contribution in [0.4, 0.5) is 0 Å². The highest BCUT2D eigenvalue weighted by Gasteiger charge is 2.21. The van der Waals surface area contributed by atoms with Gasteiger partial charge in [0.1, 0.15) is 19.8 Å². The minimum Gasteiger partial charge on any atom is -0.756 e. The third-order valence-corrected chi connectivity index (χ3v) is 9.70. The summed E-state index contributed by atoms with van der Waals surface area (Å²) in [7, 11) is 1.11. The van der Waals surface area contributed by atoms with Crippen molar-refractivity contribution in [1.29, 1.82) is 0 Å². The van der Waals surface area contributed by atoms with Crippen molar-refractivity contribution in [1.82, 2.24) is 0 Å². The number of unbranched alkanes of at least 4 members (excludes halogenated alkanes) is 20. The van der Waals surface area contributed by atoms with Crippen molar-refractivity contribution in [3.05, 3.63) is 36.5 Å². The summed E-state index contributed by atoms with van der Waals surface area (Å²) in [4.78, 5) is 37.3. The fourth-order valence-electron chi connectivity index (χ4n) is 5.44. The Morgan fingerprint density at radius 2 is 1.12 bits per heavy atom. The Kier molecular flexibility index (Phi) is 33.8. The fraction of sp³-hybridized carbons (Fsp3) is 0.810. The first-order valence-electron chi connectivity index (χ1n) is 20.7. The molecule has 0 saturated carbocycles. The summed E-state index contributed by atoms with van der Waals surface area (Å²) in [5.74, 6) is -1.11. The SMILES string of the molecule is CCCCCCCC/C=C/CCCCCC(=O)O[C@H](COC(=O)/C=C/C=C/CCCCCCCCCCCCC)COP(=O)([O-])OCC[N+](C)(C)C. The monoisotopic (exact) mass is 756 g/mol. The maximum atomic E-state index is 12.6. The van der Waals surface area contributed by atoms with Gasteiger partial charge in [-0.05, 0) is 44.9 Å². The number of likely N-dealkylation sites (N-methyl/N-ethyl adjacent to an activating group) is 1. The molecule has 2 atom stereocenters. The molecule has 0 bridgehead atoms. The Morgan fingerprint density at radius 1 is 0.635 bits per heavy atom.